The molecule has 0 bridgehead atoms. The predicted octanol–water partition coefficient (Wildman–Crippen LogP) is 2.48. The van der Waals surface area contributed by atoms with Gasteiger partial charge in [0.15, 0.2) is 0 Å². The van der Waals surface area contributed by atoms with E-state index in [4.69, 9.17) is 9.05 Å². The van der Waals surface area contributed by atoms with Crippen molar-refractivity contribution in [3.05, 3.63) is 0 Å². The zero-order valence-corrected chi connectivity index (χ0v) is 15.9. The summed E-state index contributed by atoms with van der Waals surface area (Å²) in [5.74, 6) is 0. The van der Waals surface area contributed by atoms with Gasteiger partial charge in [0.25, 0.3) is 0 Å². The van der Waals surface area contributed by atoms with Crippen molar-refractivity contribution in [1.82, 2.24) is 4.90 Å². The molecule has 0 aromatic rings. The molecule has 0 fully saturated rings. The highest BCUT2D eigenvalue weighted by Crippen LogP contribution is 2.51. The fraction of sp³-hybridized carbons (Fsp3) is 1.00. The van der Waals surface area contributed by atoms with E-state index in [9.17, 15) is 14.8 Å². The van der Waals surface area contributed by atoms with Crippen molar-refractivity contribution in [1.29, 1.82) is 0 Å². The molecule has 0 aromatic carbocycles. The molecule has 0 radical (unpaired) electrons. The summed E-state index contributed by atoms with van der Waals surface area (Å²) in [5, 5.41) is 19.2. The lowest BCUT2D eigenvalue weighted by atomic mass is 10.2. The summed E-state index contributed by atoms with van der Waals surface area (Å²) in [5.41, 5.74) is 0. The lowest BCUT2D eigenvalue weighted by Gasteiger charge is -2.33. The second kappa shape index (κ2) is 10.0. The molecule has 0 amide bonds. The molecule has 0 spiro atoms. The van der Waals surface area contributed by atoms with Crippen LogP contribution in [0.2, 0.25) is 0 Å². The van der Waals surface area contributed by atoms with E-state index in [-0.39, 0.29) is 24.4 Å². The lowest BCUT2D eigenvalue weighted by molar-refractivity contribution is 0.0624. The number of aliphatic hydroxyl groups is 2. The Balaban J connectivity index is 5.00. The van der Waals surface area contributed by atoms with Crippen molar-refractivity contribution in [2.24, 2.45) is 0 Å². The van der Waals surface area contributed by atoms with Crippen LogP contribution in [0.25, 0.3) is 0 Å². The first-order chi connectivity index (χ1) is 9.95. The van der Waals surface area contributed by atoms with Gasteiger partial charge in [-0.2, -0.15) is 0 Å². The number of nitrogens with zero attached hydrogens (tertiary/aromatic N) is 1. The molecule has 0 aliphatic carbocycles. The molecule has 6 nitrogen and oxygen atoms in total. The molecule has 2 N–H and O–H groups in total. The molecule has 0 aliphatic heterocycles. The number of hydrogen-bond donors (Lipinski definition) is 2. The molecule has 7 heteroatoms. The van der Waals surface area contributed by atoms with Gasteiger partial charge in [0.05, 0.1) is 30.6 Å². The normalized spacial score (nSPS) is 17.3. The SMILES string of the molecule is CC(O)CN(CC(C)O)C(C)CP(=O)(OC(C)C)OC(C)C. The van der Waals surface area contributed by atoms with E-state index in [1.165, 1.54) is 0 Å². The van der Waals surface area contributed by atoms with Crippen molar-refractivity contribution in [3.8, 4) is 0 Å². The van der Waals surface area contributed by atoms with Crippen molar-refractivity contribution >= 4 is 7.60 Å². The van der Waals surface area contributed by atoms with Crippen LogP contribution in [-0.2, 0) is 13.6 Å². The van der Waals surface area contributed by atoms with E-state index >= 15 is 0 Å². The van der Waals surface area contributed by atoms with Crippen LogP contribution in [0, 0.1) is 0 Å². The molecule has 134 valence electrons. The van der Waals surface area contributed by atoms with Crippen LogP contribution < -0.4 is 0 Å². The Morgan fingerprint density at radius 1 is 0.864 bits per heavy atom. The molecule has 3 unspecified atom stereocenters. The largest absolute Gasteiger partial charge is 0.392 e. The van der Waals surface area contributed by atoms with Crippen LogP contribution in [0.3, 0.4) is 0 Å². The Morgan fingerprint density at radius 2 is 1.23 bits per heavy atom. The van der Waals surface area contributed by atoms with Gasteiger partial charge in [0.1, 0.15) is 0 Å². The average Bonchev–Trinajstić information content (AvgIpc) is 2.23. The van der Waals surface area contributed by atoms with Crippen molar-refractivity contribution in [3.63, 3.8) is 0 Å². The van der Waals surface area contributed by atoms with Crippen LogP contribution in [0.5, 0.6) is 0 Å². The summed E-state index contributed by atoms with van der Waals surface area (Å²) in [7, 11) is -3.23. The van der Waals surface area contributed by atoms with Crippen LogP contribution in [0.15, 0.2) is 0 Å². The highest BCUT2D eigenvalue weighted by Gasteiger charge is 2.32. The van der Waals surface area contributed by atoms with Gasteiger partial charge in [0, 0.05) is 19.1 Å². The van der Waals surface area contributed by atoms with Crippen molar-refractivity contribution < 1.29 is 23.8 Å². The third-order valence-electron chi connectivity index (χ3n) is 2.85. The smallest absolute Gasteiger partial charge is 0.332 e. The summed E-state index contributed by atoms with van der Waals surface area (Å²) in [6, 6.07) is -0.146. The van der Waals surface area contributed by atoms with Crippen LogP contribution in [0.1, 0.15) is 48.5 Å². The van der Waals surface area contributed by atoms with E-state index in [1.807, 2.05) is 39.5 Å². The molecule has 22 heavy (non-hydrogen) atoms. The molecule has 0 aliphatic rings. The highest BCUT2D eigenvalue weighted by molar-refractivity contribution is 7.53. The minimum absolute atomic E-state index is 0.146. The Bertz CT molecular complexity index is 323. The van der Waals surface area contributed by atoms with Crippen molar-refractivity contribution in [2.75, 3.05) is 19.3 Å². The number of rotatable bonds is 11. The summed E-state index contributed by atoms with van der Waals surface area (Å²) < 4.78 is 24.0. The van der Waals surface area contributed by atoms with Gasteiger partial charge in [-0.25, -0.2) is 0 Å². The van der Waals surface area contributed by atoms with Gasteiger partial charge in [0.2, 0.25) is 0 Å². The molecular formula is C15H34NO5P. The maximum absolute atomic E-state index is 12.9. The lowest BCUT2D eigenvalue weighted by Crippen LogP contribution is -2.44. The molecule has 0 saturated carbocycles. The van der Waals surface area contributed by atoms with Gasteiger partial charge in [-0.15, -0.1) is 0 Å². The van der Waals surface area contributed by atoms with Gasteiger partial charge in [-0.05, 0) is 48.5 Å². The summed E-state index contributed by atoms with van der Waals surface area (Å²) in [6.07, 6.45) is -1.23. The summed E-state index contributed by atoms with van der Waals surface area (Å²) in [6.45, 7) is 13.4. The average molecular weight is 339 g/mol. The number of hydrogen-bond acceptors (Lipinski definition) is 6. The zero-order chi connectivity index (χ0) is 17.5. The van der Waals surface area contributed by atoms with Gasteiger partial charge < -0.3 is 19.3 Å². The zero-order valence-electron chi connectivity index (χ0n) is 15.0. The Kier molecular flexibility index (Phi) is 10.0. The first-order valence-electron chi connectivity index (χ1n) is 8.01. The fourth-order valence-electron chi connectivity index (χ4n) is 2.31. The third-order valence-corrected chi connectivity index (χ3v) is 5.31. The Labute approximate surface area is 135 Å². The Hall–Kier alpha value is 0.0300. The monoisotopic (exact) mass is 339 g/mol. The maximum Gasteiger partial charge on any atom is 0.332 e. The van der Waals surface area contributed by atoms with Gasteiger partial charge in [-0.1, -0.05) is 0 Å². The minimum atomic E-state index is -3.23. The Morgan fingerprint density at radius 3 is 1.50 bits per heavy atom. The summed E-state index contributed by atoms with van der Waals surface area (Å²) >= 11 is 0. The predicted molar refractivity (Wildman–Crippen MR) is 89.3 cm³/mol. The second-order valence-corrected chi connectivity index (χ2v) is 8.61. The second-order valence-electron chi connectivity index (χ2n) is 6.60. The topological polar surface area (TPSA) is 79.2 Å². The van der Waals surface area contributed by atoms with Gasteiger partial charge >= 0.3 is 7.60 Å². The van der Waals surface area contributed by atoms with E-state index in [0.717, 1.165) is 0 Å². The number of aliphatic hydroxyl groups excluding tert-OH is 2. The summed E-state index contributed by atoms with van der Waals surface area (Å²) in [4.78, 5) is 1.91. The third kappa shape index (κ3) is 9.93. The van der Waals surface area contributed by atoms with Crippen LogP contribution in [-0.4, -0.2) is 64.8 Å². The van der Waals surface area contributed by atoms with Crippen LogP contribution >= 0.6 is 7.60 Å². The molecule has 0 rings (SSSR count). The van der Waals surface area contributed by atoms with E-state index in [2.05, 4.69) is 0 Å². The first-order valence-corrected chi connectivity index (χ1v) is 9.74. The van der Waals surface area contributed by atoms with E-state index in [1.54, 1.807) is 13.8 Å². The standard InChI is InChI=1S/C15H34NO5P/c1-11(2)20-22(19,21-12(3)4)10-13(5)16(8-14(6)17)9-15(7)18/h11-15,17-18H,8-10H2,1-7H3. The van der Waals surface area contributed by atoms with E-state index < -0.39 is 19.8 Å². The molecular weight excluding hydrogens is 305 g/mol. The molecule has 0 saturated heterocycles. The fourth-order valence-corrected chi connectivity index (χ4v) is 4.69. The molecule has 0 aromatic heterocycles. The maximum atomic E-state index is 12.9. The first kappa shape index (κ1) is 22.0. The highest BCUT2D eigenvalue weighted by atomic mass is 31.2. The van der Waals surface area contributed by atoms with Gasteiger partial charge in [-0.3, -0.25) is 9.46 Å². The van der Waals surface area contributed by atoms with E-state index in [0.29, 0.717) is 13.1 Å². The quantitative estimate of drug-likeness (QED) is 0.563. The van der Waals surface area contributed by atoms with Crippen LogP contribution in [0.4, 0.5) is 0 Å². The molecule has 3 atom stereocenters. The molecule has 0 heterocycles. The van der Waals surface area contributed by atoms with Crippen molar-refractivity contribution in [2.45, 2.75) is 78.9 Å². The minimum Gasteiger partial charge on any atom is -0.392 e.